The maximum absolute atomic E-state index is 11.6. The Hall–Kier alpha value is -2.84. The third kappa shape index (κ3) is 5.31. The SMILES string of the molecule is C=CC(=O)N[C@@H]1CCN(c2nc(Nc3cccc(N4CCN(CC)CC4)c3)ncc2Cl)C1. The monoisotopic (exact) mass is 455 g/mol. The summed E-state index contributed by atoms with van der Waals surface area (Å²) < 4.78 is 0. The van der Waals surface area contributed by atoms with Crippen molar-refractivity contribution < 1.29 is 4.79 Å². The van der Waals surface area contributed by atoms with Gasteiger partial charge in [-0.3, -0.25) is 4.79 Å². The van der Waals surface area contributed by atoms with E-state index in [4.69, 9.17) is 11.6 Å². The molecule has 8 nitrogen and oxygen atoms in total. The van der Waals surface area contributed by atoms with Crippen molar-refractivity contribution >= 4 is 40.6 Å². The Morgan fingerprint density at radius 1 is 1.25 bits per heavy atom. The van der Waals surface area contributed by atoms with Crippen LogP contribution in [0.25, 0.3) is 0 Å². The Kier molecular flexibility index (Phi) is 7.12. The Bertz CT molecular complexity index is 961. The Balaban J connectivity index is 1.43. The molecule has 0 radical (unpaired) electrons. The van der Waals surface area contributed by atoms with Crippen molar-refractivity contribution in [2.45, 2.75) is 19.4 Å². The van der Waals surface area contributed by atoms with Crippen molar-refractivity contribution in [2.75, 3.05) is 60.9 Å². The summed E-state index contributed by atoms with van der Waals surface area (Å²) in [6.45, 7) is 12.4. The molecule has 2 aromatic rings. The molecule has 1 aromatic carbocycles. The topological polar surface area (TPSA) is 76.6 Å². The molecule has 0 aliphatic carbocycles. The number of anilines is 4. The summed E-state index contributed by atoms with van der Waals surface area (Å²) >= 11 is 6.40. The zero-order chi connectivity index (χ0) is 22.5. The smallest absolute Gasteiger partial charge is 0.243 e. The molecule has 2 aliphatic heterocycles. The third-order valence-corrected chi connectivity index (χ3v) is 6.30. The molecule has 2 saturated heterocycles. The summed E-state index contributed by atoms with van der Waals surface area (Å²) in [6.07, 6.45) is 3.74. The van der Waals surface area contributed by atoms with Gasteiger partial charge in [0.05, 0.1) is 6.20 Å². The minimum Gasteiger partial charge on any atom is -0.369 e. The summed E-state index contributed by atoms with van der Waals surface area (Å²) in [5.41, 5.74) is 2.13. The molecular formula is C23H30ClN7O. The fourth-order valence-electron chi connectivity index (χ4n) is 4.20. The lowest BCUT2D eigenvalue weighted by Crippen LogP contribution is -2.46. The molecule has 0 unspecified atom stereocenters. The highest BCUT2D eigenvalue weighted by Crippen LogP contribution is 2.29. The van der Waals surface area contributed by atoms with Gasteiger partial charge in [-0.05, 0) is 37.2 Å². The van der Waals surface area contributed by atoms with Crippen LogP contribution in [-0.4, -0.2) is 72.6 Å². The minimum absolute atomic E-state index is 0.0489. The van der Waals surface area contributed by atoms with Crippen molar-refractivity contribution in [3.05, 3.63) is 48.1 Å². The lowest BCUT2D eigenvalue weighted by molar-refractivity contribution is -0.117. The van der Waals surface area contributed by atoms with Gasteiger partial charge >= 0.3 is 0 Å². The number of amides is 1. The van der Waals surface area contributed by atoms with Crippen molar-refractivity contribution in [2.24, 2.45) is 0 Å². The first kappa shape index (κ1) is 22.4. The predicted octanol–water partition coefficient (Wildman–Crippen LogP) is 2.90. The standard InChI is InChI=1S/C23H30ClN7O/c1-3-21(32)26-18-8-9-31(16-18)22-20(24)15-25-23(28-22)27-17-6-5-7-19(14-17)30-12-10-29(4-2)11-13-30/h3,5-7,14-15,18H,1,4,8-13,16H2,2H3,(H,26,32)(H,25,27,28)/t18-/m1/s1. The highest BCUT2D eigenvalue weighted by molar-refractivity contribution is 6.32. The van der Waals surface area contributed by atoms with Crippen molar-refractivity contribution in [3.8, 4) is 0 Å². The lowest BCUT2D eigenvalue weighted by Gasteiger charge is -2.35. The van der Waals surface area contributed by atoms with Crippen LogP contribution in [-0.2, 0) is 4.79 Å². The lowest BCUT2D eigenvalue weighted by atomic mass is 10.2. The van der Waals surface area contributed by atoms with Crippen molar-refractivity contribution in [1.82, 2.24) is 20.2 Å². The van der Waals surface area contributed by atoms with E-state index in [0.717, 1.165) is 51.4 Å². The molecule has 32 heavy (non-hydrogen) atoms. The molecule has 1 aromatic heterocycles. The number of carbonyl (C=O) groups excluding carboxylic acids is 1. The molecule has 3 heterocycles. The van der Waals surface area contributed by atoms with E-state index >= 15 is 0 Å². The van der Waals surface area contributed by atoms with Gasteiger partial charge < -0.3 is 25.3 Å². The number of hydrogen-bond acceptors (Lipinski definition) is 7. The second kappa shape index (κ2) is 10.2. The van der Waals surface area contributed by atoms with E-state index < -0.39 is 0 Å². The number of piperazine rings is 1. The van der Waals surface area contributed by atoms with Crippen LogP contribution in [0.1, 0.15) is 13.3 Å². The van der Waals surface area contributed by atoms with Gasteiger partial charge in [-0.25, -0.2) is 4.98 Å². The molecule has 9 heteroatoms. The van der Waals surface area contributed by atoms with Crippen LogP contribution in [0.15, 0.2) is 43.1 Å². The zero-order valence-corrected chi connectivity index (χ0v) is 19.2. The van der Waals surface area contributed by atoms with E-state index in [-0.39, 0.29) is 11.9 Å². The van der Waals surface area contributed by atoms with E-state index in [9.17, 15) is 4.79 Å². The molecular weight excluding hydrogens is 426 g/mol. The van der Waals surface area contributed by atoms with E-state index in [2.05, 4.69) is 60.9 Å². The molecule has 2 aliphatic rings. The Labute approximate surface area is 194 Å². The van der Waals surface area contributed by atoms with Crippen LogP contribution in [0, 0.1) is 0 Å². The largest absolute Gasteiger partial charge is 0.369 e. The molecule has 170 valence electrons. The summed E-state index contributed by atoms with van der Waals surface area (Å²) in [5.74, 6) is 1.01. The van der Waals surface area contributed by atoms with Crippen LogP contribution in [0.5, 0.6) is 0 Å². The number of halogens is 1. The molecule has 0 bridgehead atoms. The van der Waals surface area contributed by atoms with Crippen LogP contribution >= 0.6 is 11.6 Å². The van der Waals surface area contributed by atoms with Gasteiger partial charge in [-0.1, -0.05) is 31.2 Å². The molecule has 1 amide bonds. The predicted molar refractivity (Wildman–Crippen MR) is 130 cm³/mol. The summed E-state index contributed by atoms with van der Waals surface area (Å²) in [7, 11) is 0. The number of aromatic nitrogens is 2. The normalized spacial score (nSPS) is 19.1. The second-order valence-corrected chi connectivity index (χ2v) is 8.51. The van der Waals surface area contributed by atoms with E-state index in [1.54, 1.807) is 6.20 Å². The maximum atomic E-state index is 11.6. The van der Waals surface area contributed by atoms with Gasteiger partial charge in [0.25, 0.3) is 0 Å². The quantitative estimate of drug-likeness (QED) is 0.621. The minimum atomic E-state index is -0.163. The number of benzene rings is 1. The number of nitrogens with one attached hydrogen (secondary N) is 2. The van der Waals surface area contributed by atoms with Crippen LogP contribution in [0.3, 0.4) is 0 Å². The van der Waals surface area contributed by atoms with Crippen LogP contribution in [0.4, 0.5) is 23.1 Å². The third-order valence-electron chi connectivity index (χ3n) is 6.03. The van der Waals surface area contributed by atoms with E-state index in [1.807, 2.05) is 12.1 Å². The van der Waals surface area contributed by atoms with Crippen molar-refractivity contribution in [1.29, 1.82) is 0 Å². The average Bonchev–Trinajstić information content (AvgIpc) is 3.28. The summed E-state index contributed by atoms with van der Waals surface area (Å²) in [4.78, 5) is 27.6. The Morgan fingerprint density at radius 2 is 2.06 bits per heavy atom. The fourth-order valence-corrected chi connectivity index (χ4v) is 4.41. The maximum Gasteiger partial charge on any atom is 0.243 e. The molecule has 2 N–H and O–H groups in total. The second-order valence-electron chi connectivity index (χ2n) is 8.11. The van der Waals surface area contributed by atoms with E-state index in [0.29, 0.717) is 23.3 Å². The highest BCUT2D eigenvalue weighted by atomic mass is 35.5. The first-order chi connectivity index (χ1) is 15.6. The van der Waals surface area contributed by atoms with Gasteiger partial charge in [0.15, 0.2) is 5.82 Å². The van der Waals surface area contributed by atoms with Crippen LogP contribution in [0.2, 0.25) is 5.02 Å². The summed E-state index contributed by atoms with van der Waals surface area (Å²) in [6, 6.07) is 8.39. The molecule has 2 fully saturated rings. The molecule has 0 saturated carbocycles. The number of carbonyl (C=O) groups is 1. The molecule has 4 rings (SSSR count). The number of nitrogens with zero attached hydrogens (tertiary/aromatic N) is 5. The van der Waals surface area contributed by atoms with Gasteiger partial charge in [0.1, 0.15) is 5.02 Å². The number of rotatable bonds is 7. The van der Waals surface area contributed by atoms with Gasteiger partial charge in [-0.2, -0.15) is 4.98 Å². The highest BCUT2D eigenvalue weighted by Gasteiger charge is 2.26. The Morgan fingerprint density at radius 3 is 2.81 bits per heavy atom. The molecule has 1 atom stereocenters. The molecule has 0 spiro atoms. The van der Waals surface area contributed by atoms with E-state index in [1.165, 1.54) is 11.8 Å². The van der Waals surface area contributed by atoms with Crippen molar-refractivity contribution in [3.63, 3.8) is 0 Å². The average molecular weight is 456 g/mol. The van der Waals surface area contributed by atoms with Gasteiger partial charge in [0, 0.05) is 56.7 Å². The fraction of sp³-hybridized carbons (Fsp3) is 0.435. The first-order valence-corrected chi connectivity index (χ1v) is 11.5. The van der Waals surface area contributed by atoms with Gasteiger partial charge in [-0.15, -0.1) is 0 Å². The van der Waals surface area contributed by atoms with Gasteiger partial charge in [0.2, 0.25) is 11.9 Å². The number of likely N-dealkylation sites (N-methyl/N-ethyl adjacent to an activating group) is 1. The summed E-state index contributed by atoms with van der Waals surface area (Å²) in [5, 5.41) is 6.75. The number of hydrogen-bond donors (Lipinski definition) is 2. The first-order valence-electron chi connectivity index (χ1n) is 11.1. The zero-order valence-electron chi connectivity index (χ0n) is 18.4. The van der Waals surface area contributed by atoms with Crippen LogP contribution < -0.4 is 20.4 Å².